The van der Waals surface area contributed by atoms with Gasteiger partial charge in [-0.05, 0) is 35.9 Å². The number of halogens is 3. The molecule has 0 saturated carbocycles. The Morgan fingerprint density at radius 2 is 1.61 bits per heavy atom. The van der Waals surface area contributed by atoms with Crippen LogP contribution < -0.4 is 4.74 Å². The van der Waals surface area contributed by atoms with Crippen LogP contribution in [0.25, 0.3) is 0 Å². The molecule has 0 aliphatic carbocycles. The van der Waals surface area contributed by atoms with E-state index in [9.17, 15) is 0 Å². The van der Waals surface area contributed by atoms with E-state index in [4.69, 9.17) is 33.0 Å². The number of rotatable bonds is 3. The summed E-state index contributed by atoms with van der Waals surface area (Å²) in [5, 5.41) is 9.91. The molecule has 2 aromatic carbocycles. The number of ether oxygens (including phenoxy) is 1. The summed E-state index contributed by atoms with van der Waals surface area (Å²) in [7, 11) is 0. The maximum atomic E-state index is 8.99. The highest BCUT2D eigenvalue weighted by Gasteiger charge is 2.07. The van der Waals surface area contributed by atoms with Crippen molar-refractivity contribution in [2.75, 3.05) is 0 Å². The SMILES string of the molecule is OCc1ccc(Oc2ccc(Br)cc2Cl)c(Cl)c1. The standard InChI is InChI=1S/C13H9BrCl2O2/c14-9-2-4-13(11(16)6-9)18-12-3-1-8(7-17)5-10(12)15/h1-6,17H,7H2. The Morgan fingerprint density at radius 3 is 2.17 bits per heavy atom. The van der Waals surface area contributed by atoms with Gasteiger partial charge in [0, 0.05) is 4.47 Å². The quantitative estimate of drug-likeness (QED) is 0.842. The van der Waals surface area contributed by atoms with Crippen molar-refractivity contribution in [1.82, 2.24) is 0 Å². The molecule has 0 spiro atoms. The van der Waals surface area contributed by atoms with Gasteiger partial charge in [0.1, 0.15) is 11.5 Å². The lowest BCUT2D eigenvalue weighted by atomic mass is 10.2. The minimum Gasteiger partial charge on any atom is -0.454 e. The van der Waals surface area contributed by atoms with Gasteiger partial charge in [0.2, 0.25) is 0 Å². The zero-order chi connectivity index (χ0) is 13.1. The van der Waals surface area contributed by atoms with E-state index in [2.05, 4.69) is 15.9 Å². The van der Waals surface area contributed by atoms with Crippen molar-refractivity contribution in [1.29, 1.82) is 0 Å². The number of benzene rings is 2. The maximum absolute atomic E-state index is 8.99. The molecule has 0 radical (unpaired) electrons. The first-order chi connectivity index (χ1) is 8.60. The van der Waals surface area contributed by atoms with Crippen molar-refractivity contribution in [3.05, 3.63) is 56.5 Å². The smallest absolute Gasteiger partial charge is 0.146 e. The molecule has 94 valence electrons. The minimum atomic E-state index is -0.0565. The molecular weight excluding hydrogens is 339 g/mol. The lowest BCUT2D eigenvalue weighted by Crippen LogP contribution is -1.89. The van der Waals surface area contributed by atoms with E-state index < -0.39 is 0 Å². The molecule has 18 heavy (non-hydrogen) atoms. The molecule has 0 amide bonds. The summed E-state index contributed by atoms with van der Waals surface area (Å²) in [5.41, 5.74) is 0.731. The lowest BCUT2D eigenvalue weighted by Gasteiger charge is -2.10. The molecule has 2 nitrogen and oxygen atoms in total. The van der Waals surface area contributed by atoms with Crippen LogP contribution in [0, 0.1) is 0 Å². The lowest BCUT2D eigenvalue weighted by molar-refractivity contribution is 0.281. The normalized spacial score (nSPS) is 10.4. The van der Waals surface area contributed by atoms with E-state index in [1.807, 2.05) is 6.07 Å². The Kier molecular flexibility index (Phi) is 4.51. The number of aliphatic hydroxyl groups excluding tert-OH is 1. The predicted molar refractivity (Wildman–Crippen MR) is 76.6 cm³/mol. The topological polar surface area (TPSA) is 29.5 Å². The molecule has 0 saturated heterocycles. The summed E-state index contributed by atoms with van der Waals surface area (Å²) >= 11 is 15.4. The average molecular weight is 348 g/mol. The second kappa shape index (κ2) is 5.93. The van der Waals surface area contributed by atoms with Crippen molar-refractivity contribution in [2.45, 2.75) is 6.61 Å². The first-order valence-corrected chi connectivity index (χ1v) is 6.67. The van der Waals surface area contributed by atoms with Gasteiger partial charge in [-0.15, -0.1) is 0 Å². The van der Waals surface area contributed by atoms with Gasteiger partial charge in [0.15, 0.2) is 0 Å². The van der Waals surface area contributed by atoms with Crippen molar-refractivity contribution in [2.24, 2.45) is 0 Å². The van der Waals surface area contributed by atoms with Crippen LogP contribution in [0.4, 0.5) is 0 Å². The van der Waals surface area contributed by atoms with E-state index in [0.29, 0.717) is 21.5 Å². The Bertz CT molecular complexity index is 573. The van der Waals surface area contributed by atoms with Gasteiger partial charge >= 0.3 is 0 Å². The van der Waals surface area contributed by atoms with Gasteiger partial charge in [0.25, 0.3) is 0 Å². The van der Waals surface area contributed by atoms with Gasteiger partial charge in [-0.3, -0.25) is 0 Å². The third kappa shape index (κ3) is 3.18. The third-order valence-corrected chi connectivity index (χ3v) is 3.38. The van der Waals surface area contributed by atoms with Crippen molar-refractivity contribution < 1.29 is 9.84 Å². The van der Waals surface area contributed by atoms with Crippen LogP contribution in [0.5, 0.6) is 11.5 Å². The van der Waals surface area contributed by atoms with E-state index >= 15 is 0 Å². The van der Waals surface area contributed by atoms with Crippen LogP contribution in [-0.4, -0.2) is 5.11 Å². The van der Waals surface area contributed by atoms with Crippen LogP contribution in [0.1, 0.15) is 5.56 Å². The molecule has 2 aromatic rings. The second-order valence-corrected chi connectivity index (χ2v) is 5.33. The van der Waals surface area contributed by atoms with Crippen molar-refractivity contribution in [3.63, 3.8) is 0 Å². The van der Waals surface area contributed by atoms with Gasteiger partial charge < -0.3 is 9.84 Å². The van der Waals surface area contributed by atoms with Gasteiger partial charge in [-0.1, -0.05) is 45.2 Å². The molecule has 2 rings (SSSR count). The van der Waals surface area contributed by atoms with Crippen LogP contribution >= 0.6 is 39.1 Å². The molecule has 5 heteroatoms. The van der Waals surface area contributed by atoms with Crippen LogP contribution in [-0.2, 0) is 6.61 Å². The first kappa shape index (κ1) is 13.7. The highest BCUT2D eigenvalue weighted by Crippen LogP contribution is 2.35. The number of hydrogen-bond donors (Lipinski definition) is 1. The molecule has 0 aliphatic heterocycles. The van der Waals surface area contributed by atoms with Crippen LogP contribution in [0.3, 0.4) is 0 Å². The predicted octanol–water partition coefficient (Wildman–Crippen LogP) is 5.04. The Labute approximate surface area is 123 Å². The number of hydrogen-bond acceptors (Lipinski definition) is 2. The molecule has 0 heterocycles. The third-order valence-electron chi connectivity index (χ3n) is 2.29. The van der Waals surface area contributed by atoms with Gasteiger partial charge in [-0.2, -0.15) is 0 Å². The molecule has 0 aromatic heterocycles. The zero-order valence-corrected chi connectivity index (χ0v) is 12.3. The van der Waals surface area contributed by atoms with E-state index in [0.717, 1.165) is 10.0 Å². The van der Waals surface area contributed by atoms with E-state index in [1.165, 1.54) is 0 Å². The average Bonchev–Trinajstić information content (AvgIpc) is 2.34. The van der Waals surface area contributed by atoms with Crippen LogP contribution in [0.2, 0.25) is 10.0 Å². The second-order valence-electron chi connectivity index (χ2n) is 3.60. The zero-order valence-electron chi connectivity index (χ0n) is 9.16. The fourth-order valence-electron chi connectivity index (χ4n) is 1.40. The fourth-order valence-corrected chi connectivity index (χ4v) is 2.36. The summed E-state index contributed by atoms with van der Waals surface area (Å²) in [6.07, 6.45) is 0. The first-order valence-electron chi connectivity index (χ1n) is 5.12. The maximum Gasteiger partial charge on any atom is 0.146 e. The van der Waals surface area contributed by atoms with E-state index in [1.54, 1.807) is 30.3 Å². The fraction of sp³-hybridized carbons (Fsp3) is 0.0769. The summed E-state index contributed by atoms with van der Waals surface area (Å²) in [6.45, 7) is -0.0565. The van der Waals surface area contributed by atoms with Crippen molar-refractivity contribution in [3.8, 4) is 11.5 Å². The van der Waals surface area contributed by atoms with Crippen LogP contribution in [0.15, 0.2) is 40.9 Å². The van der Waals surface area contributed by atoms with Gasteiger partial charge in [-0.25, -0.2) is 0 Å². The monoisotopic (exact) mass is 346 g/mol. The molecular formula is C13H9BrCl2O2. The Balaban J connectivity index is 2.28. The summed E-state index contributed by atoms with van der Waals surface area (Å²) in [4.78, 5) is 0. The summed E-state index contributed by atoms with van der Waals surface area (Å²) < 4.78 is 6.50. The Hall–Kier alpha value is -0.740. The molecule has 0 bridgehead atoms. The largest absolute Gasteiger partial charge is 0.454 e. The molecule has 0 unspecified atom stereocenters. The minimum absolute atomic E-state index is 0.0565. The number of aliphatic hydroxyl groups is 1. The molecule has 0 aliphatic rings. The highest BCUT2D eigenvalue weighted by atomic mass is 79.9. The summed E-state index contributed by atoms with van der Waals surface area (Å²) in [5.74, 6) is 1.02. The highest BCUT2D eigenvalue weighted by molar-refractivity contribution is 9.10. The molecule has 1 N–H and O–H groups in total. The molecule has 0 fully saturated rings. The van der Waals surface area contributed by atoms with E-state index in [-0.39, 0.29) is 6.61 Å². The Morgan fingerprint density at radius 1 is 1.00 bits per heavy atom. The molecule has 0 atom stereocenters. The summed E-state index contributed by atoms with van der Waals surface area (Å²) in [6, 6.07) is 10.4. The van der Waals surface area contributed by atoms with Crippen molar-refractivity contribution >= 4 is 39.1 Å². The van der Waals surface area contributed by atoms with Gasteiger partial charge in [0.05, 0.1) is 16.7 Å².